The van der Waals surface area contributed by atoms with Crippen LogP contribution in [0.15, 0.2) is 42.5 Å². The van der Waals surface area contributed by atoms with E-state index in [2.05, 4.69) is 5.32 Å². The van der Waals surface area contributed by atoms with Gasteiger partial charge in [-0.25, -0.2) is 0 Å². The molecular weight excluding hydrogens is 362 g/mol. The van der Waals surface area contributed by atoms with Gasteiger partial charge in [-0.2, -0.15) is 0 Å². The third-order valence-corrected chi connectivity index (χ3v) is 4.66. The van der Waals surface area contributed by atoms with Gasteiger partial charge in [0, 0.05) is 31.8 Å². The van der Waals surface area contributed by atoms with Crippen LogP contribution in [0.3, 0.4) is 0 Å². The Bertz CT molecular complexity index is 849. The van der Waals surface area contributed by atoms with E-state index in [0.29, 0.717) is 50.5 Å². The quantitative estimate of drug-likeness (QED) is 0.581. The fourth-order valence-corrected chi connectivity index (χ4v) is 3.21. The predicted octanol–water partition coefficient (Wildman–Crippen LogP) is 2.41. The van der Waals surface area contributed by atoms with Gasteiger partial charge in [-0.05, 0) is 24.1 Å². The first kappa shape index (κ1) is 19.6. The van der Waals surface area contributed by atoms with Crippen LogP contribution in [0.25, 0.3) is 0 Å². The molecule has 2 aromatic rings. The zero-order chi connectivity index (χ0) is 19.9. The molecule has 1 N–H and O–H groups in total. The minimum atomic E-state index is -0.491. The number of hydrogen-bond donors (Lipinski definition) is 1. The molecule has 8 nitrogen and oxygen atoms in total. The van der Waals surface area contributed by atoms with Gasteiger partial charge in [0.2, 0.25) is 0 Å². The second-order valence-corrected chi connectivity index (χ2v) is 6.38. The SMILES string of the molecule is COc1ccccc1CCNC(=O)c1cc([N+](=O)[O-])ccc1N1CCOCC1. The number of carbonyl (C=O) groups excluding carboxylic acids is 1. The van der Waals surface area contributed by atoms with Crippen LogP contribution in [0, 0.1) is 10.1 Å². The predicted molar refractivity (Wildman–Crippen MR) is 105 cm³/mol. The highest BCUT2D eigenvalue weighted by molar-refractivity contribution is 6.00. The summed E-state index contributed by atoms with van der Waals surface area (Å²) in [4.78, 5) is 25.5. The molecule has 1 heterocycles. The Labute approximate surface area is 163 Å². The normalized spacial score (nSPS) is 13.8. The van der Waals surface area contributed by atoms with Crippen molar-refractivity contribution in [3.8, 4) is 5.75 Å². The first-order valence-corrected chi connectivity index (χ1v) is 9.11. The molecule has 0 aromatic heterocycles. The number of para-hydroxylation sites is 1. The van der Waals surface area contributed by atoms with Crippen molar-refractivity contribution in [3.05, 3.63) is 63.7 Å². The summed E-state index contributed by atoms with van der Waals surface area (Å²) in [5, 5.41) is 14.0. The molecule has 1 saturated heterocycles. The number of anilines is 1. The van der Waals surface area contributed by atoms with E-state index in [-0.39, 0.29) is 11.6 Å². The molecule has 0 bridgehead atoms. The van der Waals surface area contributed by atoms with Gasteiger partial charge >= 0.3 is 0 Å². The zero-order valence-electron chi connectivity index (χ0n) is 15.7. The van der Waals surface area contributed by atoms with Crippen LogP contribution >= 0.6 is 0 Å². The first-order chi connectivity index (χ1) is 13.6. The van der Waals surface area contributed by atoms with Crippen LogP contribution in [-0.4, -0.2) is 50.8 Å². The van der Waals surface area contributed by atoms with Gasteiger partial charge in [0.25, 0.3) is 11.6 Å². The molecule has 0 unspecified atom stereocenters. The third-order valence-electron chi connectivity index (χ3n) is 4.66. The smallest absolute Gasteiger partial charge is 0.270 e. The van der Waals surface area contributed by atoms with E-state index in [1.54, 1.807) is 13.2 Å². The number of nitrogens with zero attached hydrogens (tertiary/aromatic N) is 2. The van der Waals surface area contributed by atoms with Gasteiger partial charge in [0.05, 0.1) is 36.5 Å². The van der Waals surface area contributed by atoms with Crippen LogP contribution in [-0.2, 0) is 11.2 Å². The molecule has 1 aliphatic rings. The lowest BCUT2D eigenvalue weighted by Gasteiger charge is -2.30. The molecule has 148 valence electrons. The van der Waals surface area contributed by atoms with Crippen LogP contribution in [0.1, 0.15) is 15.9 Å². The highest BCUT2D eigenvalue weighted by Gasteiger charge is 2.22. The second kappa shape index (κ2) is 9.18. The lowest BCUT2D eigenvalue weighted by Crippen LogP contribution is -2.38. The fourth-order valence-electron chi connectivity index (χ4n) is 3.21. The lowest BCUT2D eigenvalue weighted by atomic mass is 10.1. The summed E-state index contributed by atoms with van der Waals surface area (Å²) in [7, 11) is 1.61. The number of methoxy groups -OCH3 is 1. The van der Waals surface area contributed by atoms with Crippen LogP contribution < -0.4 is 15.0 Å². The Morgan fingerprint density at radius 3 is 2.71 bits per heavy atom. The molecule has 1 amide bonds. The Balaban J connectivity index is 1.75. The van der Waals surface area contributed by atoms with E-state index in [9.17, 15) is 14.9 Å². The van der Waals surface area contributed by atoms with Gasteiger partial charge < -0.3 is 19.7 Å². The topological polar surface area (TPSA) is 93.9 Å². The number of nitro benzene ring substituents is 1. The largest absolute Gasteiger partial charge is 0.496 e. The maximum absolute atomic E-state index is 12.8. The summed E-state index contributed by atoms with van der Waals surface area (Å²) in [6, 6.07) is 12.0. The monoisotopic (exact) mass is 385 g/mol. The summed E-state index contributed by atoms with van der Waals surface area (Å²) < 4.78 is 10.7. The number of nitro groups is 1. The Morgan fingerprint density at radius 2 is 2.00 bits per heavy atom. The Hall–Kier alpha value is -3.13. The minimum Gasteiger partial charge on any atom is -0.496 e. The van der Waals surface area contributed by atoms with Crippen molar-refractivity contribution in [1.29, 1.82) is 0 Å². The average molecular weight is 385 g/mol. The van der Waals surface area contributed by atoms with Crippen molar-refractivity contribution >= 4 is 17.3 Å². The van der Waals surface area contributed by atoms with Crippen molar-refractivity contribution in [2.24, 2.45) is 0 Å². The molecule has 1 fully saturated rings. The molecule has 3 rings (SSSR count). The highest BCUT2D eigenvalue weighted by atomic mass is 16.6. The van der Waals surface area contributed by atoms with Gasteiger partial charge in [0.15, 0.2) is 0 Å². The average Bonchev–Trinajstić information content (AvgIpc) is 2.74. The van der Waals surface area contributed by atoms with Crippen molar-refractivity contribution in [2.45, 2.75) is 6.42 Å². The van der Waals surface area contributed by atoms with Crippen molar-refractivity contribution in [3.63, 3.8) is 0 Å². The molecule has 0 atom stereocenters. The van der Waals surface area contributed by atoms with Gasteiger partial charge in [-0.3, -0.25) is 14.9 Å². The van der Waals surface area contributed by atoms with Crippen LogP contribution in [0.5, 0.6) is 5.75 Å². The molecule has 1 aliphatic heterocycles. The number of morpholine rings is 1. The zero-order valence-corrected chi connectivity index (χ0v) is 15.7. The van der Waals surface area contributed by atoms with E-state index in [1.807, 2.05) is 29.2 Å². The van der Waals surface area contributed by atoms with Crippen LogP contribution in [0.2, 0.25) is 0 Å². The number of ether oxygens (including phenoxy) is 2. The Morgan fingerprint density at radius 1 is 1.25 bits per heavy atom. The van der Waals surface area contributed by atoms with E-state index in [4.69, 9.17) is 9.47 Å². The van der Waals surface area contributed by atoms with Crippen molar-refractivity contribution < 1.29 is 19.2 Å². The van der Waals surface area contributed by atoms with Crippen molar-refractivity contribution in [2.75, 3.05) is 44.9 Å². The summed E-state index contributed by atoms with van der Waals surface area (Å²) in [5.74, 6) is 0.432. The van der Waals surface area contributed by atoms with E-state index < -0.39 is 4.92 Å². The molecule has 0 spiro atoms. The molecule has 0 saturated carbocycles. The third kappa shape index (κ3) is 4.58. The van der Waals surface area contributed by atoms with Gasteiger partial charge in [0.1, 0.15) is 5.75 Å². The van der Waals surface area contributed by atoms with Gasteiger partial charge in [-0.1, -0.05) is 18.2 Å². The summed E-state index contributed by atoms with van der Waals surface area (Å²) in [6.45, 7) is 2.79. The van der Waals surface area contributed by atoms with Crippen molar-refractivity contribution in [1.82, 2.24) is 5.32 Å². The number of hydrogen-bond acceptors (Lipinski definition) is 6. The van der Waals surface area contributed by atoms with E-state index in [1.165, 1.54) is 12.1 Å². The minimum absolute atomic E-state index is 0.105. The number of non-ortho nitro benzene ring substituents is 1. The molecule has 8 heteroatoms. The number of rotatable bonds is 7. The number of benzene rings is 2. The molecule has 2 aromatic carbocycles. The molecule has 0 aliphatic carbocycles. The standard InChI is InChI=1S/C20H23N3O5/c1-27-19-5-3-2-4-15(19)8-9-21-20(24)17-14-16(23(25)26)6-7-18(17)22-10-12-28-13-11-22/h2-7,14H,8-13H2,1H3,(H,21,24). The van der Waals surface area contributed by atoms with E-state index >= 15 is 0 Å². The summed E-state index contributed by atoms with van der Waals surface area (Å²) in [6.07, 6.45) is 0.595. The number of carbonyl (C=O) groups is 1. The fraction of sp³-hybridized carbons (Fsp3) is 0.350. The maximum atomic E-state index is 12.8. The molecular formula is C20H23N3O5. The first-order valence-electron chi connectivity index (χ1n) is 9.11. The second-order valence-electron chi connectivity index (χ2n) is 6.38. The summed E-state index contributed by atoms with van der Waals surface area (Å²) >= 11 is 0. The summed E-state index contributed by atoms with van der Waals surface area (Å²) in [5.41, 5.74) is 1.87. The highest BCUT2D eigenvalue weighted by Crippen LogP contribution is 2.26. The Kier molecular flexibility index (Phi) is 6.44. The van der Waals surface area contributed by atoms with Gasteiger partial charge in [-0.15, -0.1) is 0 Å². The van der Waals surface area contributed by atoms with Crippen LogP contribution in [0.4, 0.5) is 11.4 Å². The number of amides is 1. The van der Waals surface area contributed by atoms with E-state index in [0.717, 1.165) is 11.3 Å². The number of nitrogens with one attached hydrogen (secondary N) is 1. The molecule has 28 heavy (non-hydrogen) atoms. The lowest BCUT2D eigenvalue weighted by molar-refractivity contribution is -0.384. The molecule has 0 radical (unpaired) electrons. The maximum Gasteiger partial charge on any atom is 0.270 e.